The number of alkyl halides is 3. The molecule has 0 fully saturated rings. The summed E-state index contributed by atoms with van der Waals surface area (Å²) >= 11 is 1.32. The van der Waals surface area contributed by atoms with Crippen LogP contribution >= 0.6 is 11.8 Å². The van der Waals surface area contributed by atoms with Gasteiger partial charge in [0.05, 0.1) is 17.6 Å². The number of nitrogens with one attached hydrogen (secondary N) is 1. The Bertz CT molecular complexity index is 800. The molecular weight excluding hydrogens is 385 g/mol. The molecule has 0 atom stereocenters. The fraction of sp³-hybridized carbons (Fsp3) is 0.294. The quantitative estimate of drug-likeness (QED) is 0.749. The largest absolute Gasteiger partial charge is 0.486 e. The molecule has 0 spiro atoms. The smallest absolute Gasteiger partial charge is 0.422 e. The van der Waals surface area contributed by atoms with Gasteiger partial charge in [-0.05, 0) is 24.3 Å². The van der Waals surface area contributed by atoms with Gasteiger partial charge in [0, 0.05) is 11.0 Å². The second-order valence-electron chi connectivity index (χ2n) is 5.43. The molecule has 0 unspecified atom stereocenters. The molecule has 10 heteroatoms. The van der Waals surface area contributed by atoms with Crippen LogP contribution in [-0.4, -0.2) is 42.6 Å². The number of ether oxygens (including phenoxy) is 3. The van der Waals surface area contributed by atoms with Crippen LogP contribution in [-0.2, 0) is 4.79 Å². The van der Waals surface area contributed by atoms with Crippen molar-refractivity contribution in [3.63, 3.8) is 0 Å². The van der Waals surface area contributed by atoms with Crippen molar-refractivity contribution in [1.29, 1.82) is 0 Å². The number of carbonyl (C=O) groups is 1. The highest BCUT2D eigenvalue weighted by Gasteiger charge is 2.28. The molecule has 2 heterocycles. The maximum absolute atomic E-state index is 12.1. The summed E-state index contributed by atoms with van der Waals surface area (Å²) < 4.78 is 51.7. The van der Waals surface area contributed by atoms with E-state index in [1.807, 2.05) is 6.07 Å². The van der Waals surface area contributed by atoms with Gasteiger partial charge in [0.1, 0.15) is 13.2 Å². The van der Waals surface area contributed by atoms with Gasteiger partial charge in [-0.2, -0.15) is 13.2 Å². The molecule has 0 aliphatic carbocycles. The molecule has 144 valence electrons. The molecule has 1 aromatic carbocycles. The zero-order chi connectivity index (χ0) is 19.3. The minimum atomic E-state index is -4.43. The van der Waals surface area contributed by atoms with Crippen LogP contribution in [0.15, 0.2) is 41.4 Å². The van der Waals surface area contributed by atoms with Gasteiger partial charge in [-0.25, -0.2) is 4.98 Å². The van der Waals surface area contributed by atoms with E-state index in [2.05, 4.69) is 15.0 Å². The number of hydrogen-bond donors (Lipinski definition) is 1. The first kappa shape index (κ1) is 19.2. The lowest BCUT2D eigenvalue weighted by Crippen LogP contribution is -2.19. The summed E-state index contributed by atoms with van der Waals surface area (Å²) in [5, 5.41) is 2.62. The Hall–Kier alpha value is -2.62. The first-order valence-corrected chi connectivity index (χ1v) is 8.85. The molecule has 1 amide bonds. The number of hydrogen-bond acceptors (Lipinski definition) is 6. The van der Waals surface area contributed by atoms with Crippen LogP contribution in [0.3, 0.4) is 0 Å². The third-order valence-corrected chi connectivity index (χ3v) is 4.28. The van der Waals surface area contributed by atoms with Crippen molar-refractivity contribution in [2.75, 3.05) is 30.9 Å². The van der Waals surface area contributed by atoms with Crippen LogP contribution in [0.4, 0.5) is 18.9 Å². The van der Waals surface area contributed by atoms with Gasteiger partial charge < -0.3 is 19.5 Å². The Morgan fingerprint density at radius 1 is 1.19 bits per heavy atom. The van der Waals surface area contributed by atoms with Crippen molar-refractivity contribution < 1.29 is 32.2 Å². The molecule has 1 aliphatic heterocycles. The maximum Gasteiger partial charge on any atom is 0.422 e. The monoisotopic (exact) mass is 400 g/mol. The van der Waals surface area contributed by atoms with Crippen LogP contribution in [0.1, 0.15) is 0 Å². The lowest BCUT2D eigenvalue weighted by molar-refractivity contribution is -0.154. The highest BCUT2D eigenvalue weighted by Crippen LogP contribution is 2.34. The third kappa shape index (κ3) is 5.95. The first-order valence-electron chi connectivity index (χ1n) is 7.87. The summed E-state index contributed by atoms with van der Waals surface area (Å²) in [5.74, 6) is 1.02. The summed E-state index contributed by atoms with van der Waals surface area (Å²) in [6, 6.07) is 8.11. The number of halogens is 3. The highest BCUT2D eigenvalue weighted by molar-refractivity contribution is 8.00. The second kappa shape index (κ2) is 8.38. The summed E-state index contributed by atoms with van der Waals surface area (Å²) in [5.41, 5.74) is 0.363. The number of thioether (sulfide) groups is 1. The number of aromatic nitrogens is 1. The molecule has 0 saturated heterocycles. The predicted octanol–water partition coefficient (Wildman–Crippen LogP) is 3.52. The minimum Gasteiger partial charge on any atom is -0.486 e. The number of rotatable bonds is 6. The number of pyridine rings is 1. The van der Waals surface area contributed by atoms with Gasteiger partial charge in [-0.15, -0.1) is 11.8 Å². The molecule has 0 radical (unpaired) electrons. The lowest BCUT2D eigenvalue weighted by atomic mass is 10.3. The van der Waals surface area contributed by atoms with Crippen LogP contribution in [0.25, 0.3) is 0 Å². The molecule has 0 saturated carbocycles. The highest BCUT2D eigenvalue weighted by atomic mass is 32.2. The standard InChI is InChI=1S/C17H15F3N2O4S/c18-17(19,20)10-26-16-4-1-11(8-21-16)22-15(23)9-27-12-2-3-13-14(7-12)25-6-5-24-13/h1-4,7-8H,5-6,9-10H2,(H,22,23). The molecule has 1 aliphatic rings. The molecule has 6 nitrogen and oxygen atoms in total. The topological polar surface area (TPSA) is 69.7 Å². The summed E-state index contributed by atoms with van der Waals surface area (Å²) in [7, 11) is 0. The first-order chi connectivity index (χ1) is 12.9. The number of benzene rings is 1. The van der Waals surface area contributed by atoms with Crippen molar-refractivity contribution in [3.8, 4) is 17.4 Å². The van der Waals surface area contributed by atoms with Gasteiger partial charge in [0.25, 0.3) is 0 Å². The van der Waals surface area contributed by atoms with E-state index in [9.17, 15) is 18.0 Å². The predicted molar refractivity (Wildman–Crippen MR) is 92.6 cm³/mol. The summed E-state index contributed by atoms with van der Waals surface area (Å²) in [6.07, 6.45) is -3.20. The Labute approximate surface area is 157 Å². The fourth-order valence-electron chi connectivity index (χ4n) is 2.15. The maximum atomic E-state index is 12.1. The van der Waals surface area contributed by atoms with E-state index in [4.69, 9.17) is 9.47 Å². The normalized spacial score (nSPS) is 13.1. The molecule has 0 bridgehead atoms. The molecular formula is C17H15F3N2O4S. The Morgan fingerprint density at radius 2 is 1.96 bits per heavy atom. The molecule has 2 aromatic rings. The van der Waals surface area contributed by atoms with Gasteiger partial charge in [-0.1, -0.05) is 0 Å². The van der Waals surface area contributed by atoms with Gasteiger partial charge in [0.15, 0.2) is 18.1 Å². The number of amides is 1. The number of carbonyl (C=O) groups excluding carboxylic acids is 1. The van der Waals surface area contributed by atoms with Gasteiger partial charge in [-0.3, -0.25) is 4.79 Å². The van der Waals surface area contributed by atoms with Crippen molar-refractivity contribution in [1.82, 2.24) is 4.98 Å². The van der Waals surface area contributed by atoms with Crippen LogP contribution in [0.5, 0.6) is 17.4 Å². The summed E-state index contributed by atoms with van der Waals surface area (Å²) in [6.45, 7) is -0.425. The van der Waals surface area contributed by atoms with Gasteiger partial charge in [0.2, 0.25) is 11.8 Å². The van der Waals surface area contributed by atoms with Gasteiger partial charge >= 0.3 is 6.18 Å². The molecule has 1 N–H and O–H groups in total. The molecule has 1 aromatic heterocycles. The van der Waals surface area contributed by atoms with E-state index < -0.39 is 12.8 Å². The van der Waals surface area contributed by atoms with E-state index in [1.54, 1.807) is 12.1 Å². The van der Waals surface area contributed by atoms with Crippen molar-refractivity contribution in [2.24, 2.45) is 0 Å². The number of fused-ring (bicyclic) bond motifs is 1. The number of anilines is 1. The summed E-state index contributed by atoms with van der Waals surface area (Å²) in [4.78, 5) is 16.6. The van der Waals surface area contributed by atoms with Crippen LogP contribution < -0.4 is 19.5 Å². The van der Waals surface area contributed by atoms with Crippen molar-refractivity contribution >= 4 is 23.4 Å². The zero-order valence-corrected chi connectivity index (χ0v) is 14.7. The third-order valence-electron chi connectivity index (χ3n) is 3.29. The van der Waals surface area contributed by atoms with E-state index >= 15 is 0 Å². The Morgan fingerprint density at radius 3 is 2.67 bits per heavy atom. The SMILES string of the molecule is O=C(CSc1ccc2c(c1)OCCO2)Nc1ccc(OCC(F)(F)F)nc1. The van der Waals surface area contributed by atoms with E-state index in [-0.39, 0.29) is 17.5 Å². The lowest BCUT2D eigenvalue weighted by Gasteiger charge is -2.18. The fourth-order valence-corrected chi connectivity index (χ4v) is 2.88. The van der Waals surface area contributed by atoms with E-state index in [1.165, 1.54) is 30.1 Å². The van der Waals surface area contributed by atoms with Crippen LogP contribution in [0, 0.1) is 0 Å². The van der Waals surface area contributed by atoms with Crippen molar-refractivity contribution in [3.05, 3.63) is 36.5 Å². The number of nitrogens with zero attached hydrogens (tertiary/aromatic N) is 1. The molecule has 3 rings (SSSR count). The Balaban J connectivity index is 1.48. The molecule has 27 heavy (non-hydrogen) atoms. The zero-order valence-electron chi connectivity index (χ0n) is 13.9. The average molecular weight is 400 g/mol. The van der Waals surface area contributed by atoms with Crippen molar-refractivity contribution in [2.45, 2.75) is 11.1 Å². The van der Waals surface area contributed by atoms with E-state index in [0.717, 1.165) is 4.90 Å². The average Bonchev–Trinajstić information content (AvgIpc) is 2.65. The second-order valence-corrected chi connectivity index (χ2v) is 6.48. The Kier molecular flexibility index (Phi) is 5.94. The van der Waals surface area contributed by atoms with E-state index in [0.29, 0.717) is 30.4 Å². The van der Waals surface area contributed by atoms with Crippen LogP contribution in [0.2, 0.25) is 0 Å². The minimum absolute atomic E-state index is 0.145.